The molecule has 0 unspecified atom stereocenters. The summed E-state index contributed by atoms with van der Waals surface area (Å²) < 4.78 is 15.6. The molecule has 120 valence electrons. The Hall–Kier alpha value is -2.76. The normalized spacial score (nSPS) is 14.1. The van der Waals surface area contributed by atoms with Gasteiger partial charge in [-0.25, -0.2) is 4.79 Å². The van der Waals surface area contributed by atoms with Gasteiger partial charge in [-0.15, -0.1) is 0 Å². The minimum atomic E-state index is -0.458. The maximum absolute atomic E-state index is 11.7. The Morgan fingerprint density at radius 1 is 1.26 bits per heavy atom. The third-order valence-electron chi connectivity index (χ3n) is 3.74. The van der Waals surface area contributed by atoms with Crippen LogP contribution in [0.2, 0.25) is 0 Å². The molecule has 1 aromatic carbocycles. The van der Waals surface area contributed by atoms with Gasteiger partial charge in [0.1, 0.15) is 17.9 Å². The number of hydrogen-bond acceptors (Lipinski definition) is 5. The van der Waals surface area contributed by atoms with Crippen LogP contribution in [0.25, 0.3) is 0 Å². The van der Waals surface area contributed by atoms with Crippen LogP contribution in [0.3, 0.4) is 0 Å². The fourth-order valence-corrected chi connectivity index (χ4v) is 2.54. The van der Waals surface area contributed by atoms with Crippen LogP contribution in [0.1, 0.15) is 29.0 Å². The molecule has 1 amide bonds. The predicted octanol–water partition coefficient (Wildman–Crippen LogP) is 2.77. The van der Waals surface area contributed by atoms with Gasteiger partial charge in [0.15, 0.2) is 5.76 Å². The number of ether oxygens (including phenoxy) is 2. The summed E-state index contributed by atoms with van der Waals surface area (Å²) in [5, 5.41) is 0. The van der Waals surface area contributed by atoms with Crippen LogP contribution >= 0.6 is 0 Å². The van der Waals surface area contributed by atoms with Crippen LogP contribution in [-0.4, -0.2) is 25.5 Å². The van der Waals surface area contributed by atoms with E-state index in [0.29, 0.717) is 23.5 Å². The number of furan rings is 1. The van der Waals surface area contributed by atoms with Gasteiger partial charge in [0.25, 0.3) is 0 Å². The molecule has 6 nitrogen and oxygen atoms in total. The third-order valence-corrected chi connectivity index (χ3v) is 3.74. The highest BCUT2D eigenvalue weighted by Gasteiger charge is 2.21. The Morgan fingerprint density at radius 2 is 2.04 bits per heavy atom. The quantitative estimate of drug-likeness (QED) is 0.794. The molecule has 2 heterocycles. The molecule has 0 atom stereocenters. The highest BCUT2D eigenvalue weighted by Crippen LogP contribution is 2.24. The lowest BCUT2D eigenvalue weighted by atomic mass is 10.2. The number of rotatable bonds is 5. The smallest absolute Gasteiger partial charge is 0.341 e. The van der Waals surface area contributed by atoms with Crippen LogP contribution in [0.5, 0.6) is 5.75 Å². The van der Waals surface area contributed by atoms with Crippen molar-refractivity contribution in [2.45, 2.75) is 19.4 Å². The largest absolute Gasteiger partial charge is 0.486 e. The van der Waals surface area contributed by atoms with E-state index >= 15 is 0 Å². The van der Waals surface area contributed by atoms with E-state index in [2.05, 4.69) is 4.74 Å². The molecule has 1 aliphatic rings. The summed E-state index contributed by atoms with van der Waals surface area (Å²) in [6.07, 6.45) is 2.92. The predicted molar refractivity (Wildman–Crippen MR) is 82.4 cm³/mol. The van der Waals surface area contributed by atoms with Crippen molar-refractivity contribution in [3.05, 3.63) is 47.9 Å². The second-order valence-electron chi connectivity index (χ2n) is 5.18. The zero-order valence-electron chi connectivity index (χ0n) is 12.8. The summed E-state index contributed by atoms with van der Waals surface area (Å²) in [6.45, 7) is 0.882. The Balaban J connectivity index is 1.64. The number of hydrogen-bond donors (Lipinski definition) is 0. The molecule has 0 spiro atoms. The minimum Gasteiger partial charge on any atom is -0.486 e. The van der Waals surface area contributed by atoms with Gasteiger partial charge >= 0.3 is 5.97 Å². The Labute approximate surface area is 133 Å². The summed E-state index contributed by atoms with van der Waals surface area (Å²) >= 11 is 0. The minimum absolute atomic E-state index is 0.124. The van der Waals surface area contributed by atoms with Crippen molar-refractivity contribution < 1.29 is 23.5 Å². The van der Waals surface area contributed by atoms with Gasteiger partial charge in [-0.1, -0.05) is 0 Å². The Bertz CT molecular complexity index is 704. The second kappa shape index (κ2) is 6.56. The van der Waals surface area contributed by atoms with Crippen molar-refractivity contribution in [3.8, 4) is 5.75 Å². The molecule has 1 fully saturated rings. The van der Waals surface area contributed by atoms with Crippen molar-refractivity contribution in [2.24, 2.45) is 0 Å². The van der Waals surface area contributed by atoms with Crippen LogP contribution in [0, 0.1) is 0 Å². The van der Waals surface area contributed by atoms with Crippen molar-refractivity contribution >= 4 is 17.6 Å². The van der Waals surface area contributed by atoms with Gasteiger partial charge in [0.2, 0.25) is 5.91 Å². The van der Waals surface area contributed by atoms with Gasteiger partial charge in [-0.2, -0.15) is 0 Å². The first-order valence-electron chi connectivity index (χ1n) is 7.37. The van der Waals surface area contributed by atoms with E-state index in [1.165, 1.54) is 13.4 Å². The maximum Gasteiger partial charge on any atom is 0.341 e. The monoisotopic (exact) mass is 315 g/mol. The summed E-state index contributed by atoms with van der Waals surface area (Å²) in [5.41, 5.74) is 1.22. The number of benzene rings is 1. The summed E-state index contributed by atoms with van der Waals surface area (Å²) in [7, 11) is 1.32. The number of carbonyl (C=O) groups excluding carboxylic acids is 2. The average molecular weight is 315 g/mol. The summed E-state index contributed by atoms with van der Waals surface area (Å²) in [5.74, 6) is 0.737. The Morgan fingerprint density at radius 3 is 2.70 bits per heavy atom. The molecule has 2 aromatic rings. The number of anilines is 1. The van der Waals surface area contributed by atoms with Crippen molar-refractivity contribution in [1.29, 1.82) is 0 Å². The van der Waals surface area contributed by atoms with E-state index in [1.54, 1.807) is 23.1 Å². The number of methoxy groups -OCH3 is 1. The Kier molecular flexibility index (Phi) is 4.32. The van der Waals surface area contributed by atoms with E-state index < -0.39 is 5.97 Å². The lowest BCUT2D eigenvalue weighted by Crippen LogP contribution is -2.23. The van der Waals surface area contributed by atoms with E-state index in [4.69, 9.17) is 9.15 Å². The van der Waals surface area contributed by atoms with Crippen molar-refractivity contribution in [3.63, 3.8) is 0 Å². The molecule has 23 heavy (non-hydrogen) atoms. The molecule has 0 bridgehead atoms. The van der Waals surface area contributed by atoms with E-state index in [9.17, 15) is 9.59 Å². The lowest BCUT2D eigenvalue weighted by Gasteiger charge is -2.16. The molecule has 1 aromatic heterocycles. The fourth-order valence-electron chi connectivity index (χ4n) is 2.54. The molecule has 0 radical (unpaired) electrons. The lowest BCUT2D eigenvalue weighted by molar-refractivity contribution is -0.117. The van der Waals surface area contributed by atoms with Gasteiger partial charge in [-0.3, -0.25) is 4.79 Å². The maximum atomic E-state index is 11.7. The van der Waals surface area contributed by atoms with Crippen LogP contribution in [0.4, 0.5) is 5.69 Å². The molecular weight excluding hydrogens is 298 g/mol. The number of nitrogens with zero attached hydrogens (tertiary/aromatic N) is 1. The first-order valence-corrected chi connectivity index (χ1v) is 7.37. The van der Waals surface area contributed by atoms with Gasteiger partial charge < -0.3 is 18.8 Å². The number of esters is 1. The average Bonchev–Trinajstić information content (AvgIpc) is 3.21. The first kappa shape index (κ1) is 15.1. The van der Waals surface area contributed by atoms with Gasteiger partial charge in [0.05, 0.1) is 13.4 Å². The molecule has 0 aliphatic carbocycles. The van der Waals surface area contributed by atoms with E-state index in [0.717, 1.165) is 18.7 Å². The van der Waals surface area contributed by atoms with Crippen LogP contribution < -0.4 is 9.64 Å². The molecule has 1 saturated heterocycles. The second-order valence-corrected chi connectivity index (χ2v) is 5.18. The van der Waals surface area contributed by atoms with Crippen molar-refractivity contribution in [1.82, 2.24) is 0 Å². The molecule has 0 N–H and O–H groups in total. The molecule has 6 heteroatoms. The van der Waals surface area contributed by atoms with Crippen LogP contribution in [-0.2, 0) is 16.1 Å². The third kappa shape index (κ3) is 3.21. The molecule has 3 rings (SSSR count). The van der Waals surface area contributed by atoms with E-state index in [1.807, 2.05) is 12.1 Å². The molecule has 0 saturated carbocycles. The topological polar surface area (TPSA) is 69.0 Å². The molecule has 1 aliphatic heterocycles. The number of amides is 1. The van der Waals surface area contributed by atoms with Gasteiger partial charge in [-0.05, 0) is 36.8 Å². The summed E-state index contributed by atoms with van der Waals surface area (Å²) in [6, 6.07) is 8.83. The van der Waals surface area contributed by atoms with Crippen LogP contribution in [0.15, 0.2) is 41.0 Å². The summed E-state index contributed by atoms with van der Waals surface area (Å²) in [4.78, 5) is 25.0. The first-order chi connectivity index (χ1) is 11.2. The van der Waals surface area contributed by atoms with Gasteiger partial charge in [0, 0.05) is 18.7 Å². The standard InChI is InChI=1S/C17H17NO5/c1-21-17(20)14-8-10-22-15(14)11-23-13-6-4-12(5-7-13)18-9-2-3-16(18)19/h4-8,10H,2-3,9,11H2,1H3. The molecular formula is C17H17NO5. The fraction of sp³-hybridized carbons (Fsp3) is 0.294. The van der Waals surface area contributed by atoms with Crippen molar-refractivity contribution in [2.75, 3.05) is 18.6 Å². The highest BCUT2D eigenvalue weighted by molar-refractivity contribution is 5.95. The zero-order chi connectivity index (χ0) is 16.2. The zero-order valence-corrected chi connectivity index (χ0v) is 12.8. The SMILES string of the molecule is COC(=O)c1ccoc1COc1ccc(N2CCCC2=O)cc1. The highest BCUT2D eigenvalue weighted by atomic mass is 16.5. The van der Waals surface area contributed by atoms with E-state index in [-0.39, 0.29) is 12.5 Å². The number of carbonyl (C=O) groups is 2.